The fraction of sp³-hybridized carbons (Fsp3) is 0.204. The van der Waals surface area contributed by atoms with E-state index in [1.165, 1.54) is 17.6 Å². The molecule has 0 radical (unpaired) electrons. The summed E-state index contributed by atoms with van der Waals surface area (Å²) in [5.74, 6) is 0.347. The standard InChI is InChI=1S/C44H41N2OSi.C10H9N2.Ir/c1-26(2)33-14-11-15-34(27(3)4)41(33)37-23-38(46-25-28(37)5)35-20-21-39(48(6,7)8)42-36-19-18-32(24-45)40(44(36)47-43(35)42)31-17-16-29-12-9-10-13-30(29)22-31;1-11-7-8-12(9-11)10-5-3-2-4-6-10;/h9-19,21-23,25-27H,1-8H3;2-5,7-8H,1H3;/q2*-1;+3/i5D3;1D3;. The molecule has 0 spiro atoms. The van der Waals surface area contributed by atoms with Crippen LogP contribution in [0.2, 0.25) is 19.6 Å². The molecule has 0 aliphatic rings. The molecule has 0 N–H and O–H groups in total. The zero-order valence-corrected chi connectivity index (χ0v) is 38.7. The van der Waals surface area contributed by atoms with Crippen LogP contribution in [0, 0.1) is 36.6 Å². The fourth-order valence-electron chi connectivity index (χ4n) is 8.04. The molecule has 0 unspecified atom stereocenters. The number of benzene rings is 6. The molecule has 61 heavy (non-hydrogen) atoms. The minimum absolute atomic E-state index is 0. The van der Waals surface area contributed by atoms with Gasteiger partial charge < -0.3 is 18.5 Å². The maximum atomic E-state index is 10.4. The van der Waals surface area contributed by atoms with Crippen molar-refractivity contribution in [1.29, 1.82) is 5.26 Å². The van der Waals surface area contributed by atoms with Crippen molar-refractivity contribution in [3.8, 4) is 45.3 Å². The van der Waals surface area contributed by atoms with Crippen LogP contribution < -0.4 is 9.75 Å². The average molecular weight is 997 g/mol. The van der Waals surface area contributed by atoms with E-state index in [-0.39, 0.29) is 37.5 Å². The molecule has 5 nitrogen and oxygen atoms in total. The summed E-state index contributed by atoms with van der Waals surface area (Å²) in [5.41, 5.74) is 9.52. The first-order valence-corrected chi connectivity index (χ1v) is 23.7. The monoisotopic (exact) mass is 997 g/mol. The third kappa shape index (κ3) is 8.41. The van der Waals surface area contributed by atoms with Gasteiger partial charge in [-0.3, -0.25) is 0 Å². The summed E-state index contributed by atoms with van der Waals surface area (Å²) in [6.07, 6.45) is 7.33. The quantitative estimate of drug-likeness (QED) is 0.0908. The summed E-state index contributed by atoms with van der Waals surface area (Å²) in [6.45, 7) is 10.9. The van der Waals surface area contributed by atoms with Crippen LogP contribution in [0.3, 0.4) is 0 Å². The van der Waals surface area contributed by atoms with Gasteiger partial charge in [0.2, 0.25) is 6.33 Å². The predicted octanol–water partition coefficient (Wildman–Crippen LogP) is 12.8. The third-order valence-corrected chi connectivity index (χ3v) is 13.0. The van der Waals surface area contributed by atoms with Gasteiger partial charge in [-0.2, -0.15) is 35.6 Å². The maximum Gasteiger partial charge on any atom is 3.00 e. The molecule has 304 valence electrons. The largest absolute Gasteiger partial charge is 3.00 e. The van der Waals surface area contributed by atoms with Crippen molar-refractivity contribution in [1.82, 2.24) is 9.55 Å². The number of aromatic nitrogens is 3. The number of para-hydroxylation sites is 1. The zero-order chi connectivity index (χ0) is 47.3. The molecule has 6 aromatic carbocycles. The van der Waals surface area contributed by atoms with Crippen LogP contribution >= 0.6 is 0 Å². The minimum Gasteiger partial charge on any atom is -0.500 e. The Bertz CT molecular complexity index is 3280. The molecule has 0 saturated heterocycles. The molecule has 0 fully saturated rings. The van der Waals surface area contributed by atoms with Crippen LogP contribution in [-0.4, -0.2) is 17.6 Å². The number of fused-ring (bicyclic) bond motifs is 4. The van der Waals surface area contributed by atoms with Gasteiger partial charge in [0, 0.05) is 41.7 Å². The van der Waals surface area contributed by atoms with Gasteiger partial charge >= 0.3 is 20.1 Å². The number of pyridine rings is 1. The van der Waals surface area contributed by atoms with Crippen molar-refractivity contribution in [2.45, 2.75) is 66.0 Å². The van der Waals surface area contributed by atoms with Gasteiger partial charge in [-0.05, 0) is 80.7 Å². The van der Waals surface area contributed by atoms with Gasteiger partial charge in [0.25, 0.3) is 0 Å². The molecular formula is C54H50IrN4OSi+. The Morgan fingerprint density at radius 3 is 2.25 bits per heavy atom. The summed E-state index contributed by atoms with van der Waals surface area (Å²) in [7, 11) is -1.95. The fourth-order valence-corrected chi connectivity index (χ4v) is 9.54. The van der Waals surface area contributed by atoms with E-state index in [0.717, 1.165) is 59.6 Å². The second-order valence-electron chi connectivity index (χ2n) is 16.8. The molecule has 0 amide bonds. The van der Waals surface area contributed by atoms with Gasteiger partial charge in [-0.15, -0.1) is 17.3 Å². The SMILES string of the molecule is [2H]C([2H])([2H])[n+]1[c-]n(-c2[c-]cccc2)cc1.[2H]C([2H])([2H])c1cnc(-c2[c-]cc([Si](C)(C)C)c3c2oc2c(-c4ccc5ccccc5c4)c(C#N)ccc23)cc1-c1c(C(C)C)cccc1C(C)C.[Ir+3]. The Kier molecular flexibility index (Phi) is 10.3. The molecule has 7 heteroatoms. The van der Waals surface area contributed by atoms with Crippen molar-refractivity contribution in [3.63, 3.8) is 0 Å². The Morgan fingerprint density at radius 2 is 1.59 bits per heavy atom. The normalized spacial score (nSPS) is 13.4. The van der Waals surface area contributed by atoms with Gasteiger partial charge in [0.15, 0.2) is 0 Å². The maximum absolute atomic E-state index is 10.4. The van der Waals surface area contributed by atoms with Gasteiger partial charge in [0.05, 0.1) is 28.3 Å². The Balaban J connectivity index is 0.000000353. The molecule has 9 aromatic rings. The Hall–Kier alpha value is -5.90. The van der Waals surface area contributed by atoms with E-state index >= 15 is 0 Å². The Labute approximate surface area is 383 Å². The summed E-state index contributed by atoms with van der Waals surface area (Å²) in [5, 5.41) is 15.7. The minimum atomic E-state index is -2.37. The summed E-state index contributed by atoms with van der Waals surface area (Å²) in [4.78, 5) is 4.82. The molecule has 3 heterocycles. The molecule has 0 aliphatic carbocycles. The molecular weight excluding hydrogens is 941 g/mol. The van der Waals surface area contributed by atoms with Crippen molar-refractivity contribution in [2.24, 2.45) is 6.98 Å². The van der Waals surface area contributed by atoms with Gasteiger partial charge in [-0.25, -0.2) is 0 Å². The van der Waals surface area contributed by atoms with Crippen LogP contribution in [0.1, 0.15) is 70.0 Å². The van der Waals surface area contributed by atoms with E-state index in [1.807, 2.05) is 48.5 Å². The number of nitriles is 1. The van der Waals surface area contributed by atoms with Crippen molar-refractivity contribution >= 4 is 46.0 Å². The second-order valence-corrected chi connectivity index (χ2v) is 21.8. The van der Waals surface area contributed by atoms with Gasteiger partial charge in [-0.1, -0.05) is 131 Å². The summed E-state index contributed by atoms with van der Waals surface area (Å²) < 4.78 is 56.8. The number of nitrogens with zero attached hydrogens (tertiary/aromatic N) is 4. The van der Waals surface area contributed by atoms with Crippen LogP contribution in [0.15, 0.2) is 132 Å². The van der Waals surface area contributed by atoms with Crippen LogP contribution in [0.5, 0.6) is 0 Å². The molecule has 0 saturated carbocycles. The predicted molar refractivity (Wildman–Crippen MR) is 249 cm³/mol. The number of imidazole rings is 1. The molecule has 3 aromatic heterocycles. The van der Waals surface area contributed by atoms with E-state index < -0.39 is 21.9 Å². The first-order valence-electron chi connectivity index (χ1n) is 23.2. The summed E-state index contributed by atoms with van der Waals surface area (Å²) in [6, 6.07) is 44.9. The summed E-state index contributed by atoms with van der Waals surface area (Å²) >= 11 is 0. The topological polar surface area (TPSA) is 58.6 Å². The van der Waals surface area contributed by atoms with Crippen molar-refractivity contribution < 1.29 is 37.3 Å². The molecule has 9 rings (SSSR count). The van der Waals surface area contributed by atoms with Crippen LogP contribution in [-0.2, 0) is 27.1 Å². The third-order valence-electron chi connectivity index (χ3n) is 11.0. The number of aryl methyl sites for hydroxylation is 2. The van der Waals surface area contributed by atoms with E-state index in [0.29, 0.717) is 33.6 Å². The van der Waals surface area contributed by atoms with E-state index in [2.05, 4.69) is 126 Å². The Morgan fingerprint density at radius 1 is 0.836 bits per heavy atom. The number of furan rings is 1. The van der Waals surface area contributed by atoms with E-state index in [9.17, 15) is 5.26 Å². The van der Waals surface area contributed by atoms with E-state index in [4.69, 9.17) is 17.6 Å². The zero-order valence-electron chi connectivity index (χ0n) is 41.3. The van der Waals surface area contributed by atoms with Gasteiger partial charge in [0.1, 0.15) is 5.58 Å². The second kappa shape index (κ2) is 17.6. The number of hydrogen-bond acceptors (Lipinski definition) is 3. The number of hydrogen-bond donors (Lipinski definition) is 0. The van der Waals surface area contributed by atoms with Crippen LogP contribution in [0.25, 0.3) is 71.9 Å². The van der Waals surface area contributed by atoms with E-state index in [1.54, 1.807) is 16.8 Å². The molecule has 0 atom stereocenters. The first-order chi connectivity index (χ1) is 31.3. The first kappa shape index (κ1) is 35.8. The smallest absolute Gasteiger partial charge is 0.500 e. The van der Waals surface area contributed by atoms with Crippen molar-refractivity contribution in [3.05, 3.63) is 168 Å². The average Bonchev–Trinajstić information content (AvgIpc) is 3.95. The number of rotatable bonds is 7. The molecule has 0 bridgehead atoms. The van der Waals surface area contributed by atoms with Crippen molar-refractivity contribution in [2.75, 3.05) is 0 Å². The van der Waals surface area contributed by atoms with Crippen LogP contribution in [0.4, 0.5) is 0 Å². The molecule has 0 aliphatic heterocycles.